The second kappa shape index (κ2) is 4.20. The summed E-state index contributed by atoms with van der Waals surface area (Å²) in [4.78, 5) is 0. The van der Waals surface area contributed by atoms with Gasteiger partial charge in [-0.15, -0.1) is 0 Å². The van der Waals surface area contributed by atoms with E-state index in [1.807, 2.05) is 0 Å². The van der Waals surface area contributed by atoms with Gasteiger partial charge >= 0.3 is 0 Å². The minimum atomic E-state index is 1.31. The fraction of sp³-hybridized carbons (Fsp3) is 0. The molecule has 0 amide bonds. The Labute approximate surface area is 125 Å². The first-order valence-electron chi connectivity index (χ1n) is 6.33. The van der Waals surface area contributed by atoms with Crippen LogP contribution in [0.4, 0.5) is 0 Å². The van der Waals surface area contributed by atoms with E-state index in [0.717, 1.165) is 0 Å². The second-order valence-electron chi connectivity index (χ2n) is 4.82. The lowest BCUT2D eigenvalue weighted by molar-refractivity contribution is 1.73. The fourth-order valence-electron chi connectivity index (χ4n) is 2.74. The summed E-state index contributed by atoms with van der Waals surface area (Å²) in [5.74, 6) is 0. The summed E-state index contributed by atoms with van der Waals surface area (Å²) in [5.41, 5.74) is 0. The smallest absolute Gasteiger partial charge is 0.0209 e. The van der Waals surface area contributed by atoms with Gasteiger partial charge in [-0.25, -0.2) is 0 Å². The monoisotopic (exact) mass is 354 g/mol. The van der Waals surface area contributed by atoms with Crippen LogP contribution in [-0.2, 0) is 0 Å². The van der Waals surface area contributed by atoms with Crippen molar-refractivity contribution in [2.24, 2.45) is 0 Å². The zero-order valence-electron chi connectivity index (χ0n) is 10.2. The third-order valence-corrected chi connectivity index (χ3v) is 4.63. The molecule has 0 N–H and O–H groups in total. The van der Waals surface area contributed by atoms with E-state index >= 15 is 0 Å². The van der Waals surface area contributed by atoms with Gasteiger partial charge in [0.1, 0.15) is 0 Å². The Balaban J connectivity index is 2.27. The Morgan fingerprint density at radius 1 is 0.526 bits per heavy atom. The van der Waals surface area contributed by atoms with E-state index in [1.54, 1.807) is 0 Å². The first-order chi connectivity index (χ1) is 9.33. The van der Waals surface area contributed by atoms with Crippen molar-refractivity contribution in [3.63, 3.8) is 0 Å². The van der Waals surface area contributed by atoms with Crippen molar-refractivity contribution in [1.29, 1.82) is 0 Å². The van der Waals surface area contributed by atoms with Gasteiger partial charge in [0.2, 0.25) is 0 Å². The maximum absolute atomic E-state index is 2.41. The van der Waals surface area contributed by atoms with Gasteiger partial charge < -0.3 is 0 Å². The van der Waals surface area contributed by atoms with E-state index < -0.39 is 0 Å². The summed E-state index contributed by atoms with van der Waals surface area (Å²) in [7, 11) is 0. The molecule has 0 nitrogen and oxygen atoms in total. The molecule has 0 saturated heterocycles. The van der Waals surface area contributed by atoms with E-state index in [0.29, 0.717) is 0 Å². The minimum absolute atomic E-state index is 1.31. The Kier molecular flexibility index (Phi) is 2.49. The largest absolute Gasteiger partial charge is 0.0616 e. The topological polar surface area (TPSA) is 0 Å². The number of hydrogen-bond donors (Lipinski definition) is 0. The molecule has 0 aliphatic heterocycles. The highest BCUT2D eigenvalue weighted by molar-refractivity contribution is 14.1. The van der Waals surface area contributed by atoms with Crippen molar-refractivity contribution in [3.8, 4) is 0 Å². The van der Waals surface area contributed by atoms with E-state index in [1.165, 1.54) is 35.9 Å². The van der Waals surface area contributed by atoms with Crippen molar-refractivity contribution < 1.29 is 0 Å². The van der Waals surface area contributed by atoms with Gasteiger partial charge in [-0.2, -0.15) is 0 Å². The molecule has 0 radical (unpaired) electrons. The van der Waals surface area contributed by atoms with Crippen LogP contribution in [-0.4, -0.2) is 0 Å². The maximum Gasteiger partial charge on any atom is 0.0209 e. The van der Waals surface area contributed by atoms with Crippen LogP contribution >= 0.6 is 22.6 Å². The van der Waals surface area contributed by atoms with Crippen LogP contribution in [0.3, 0.4) is 0 Å². The van der Waals surface area contributed by atoms with Gasteiger partial charge in [-0.05, 0) is 73.1 Å². The molecule has 0 fully saturated rings. The van der Waals surface area contributed by atoms with Crippen molar-refractivity contribution in [3.05, 3.63) is 70.3 Å². The van der Waals surface area contributed by atoms with Crippen LogP contribution in [0.25, 0.3) is 32.3 Å². The van der Waals surface area contributed by atoms with Gasteiger partial charge in [0.15, 0.2) is 0 Å². The molecule has 0 saturated carbocycles. The molecule has 0 atom stereocenters. The maximum atomic E-state index is 2.41. The molecule has 4 aromatic rings. The van der Waals surface area contributed by atoms with Crippen LogP contribution in [0.2, 0.25) is 0 Å². The Bertz CT molecular complexity index is 922. The average Bonchev–Trinajstić information content (AvgIpc) is 2.46. The zero-order valence-corrected chi connectivity index (χ0v) is 12.4. The highest BCUT2D eigenvalue weighted by Crippen LogP contribution is 2.31. The highest BCUT2D eigenvalue weighted by Gasteiger charge is 2.04. The molecule has 0 unspecified atom stereocenters. The number of benzene rings is 4. The molecular formula is C18H11I. The minimum Gasteiger partial charge on any atom is -0.0616 e. The normalized spacial score (nSPS) is 11.4. The fourth-order valence-corrected chi connectivity index (χ4v) is 3.42. The van der Waals surface area contributed by atoms with Crippen LogP contribution in [0.1, 0.15) is 0 Å². The quantitative estimate of drug-likeness (QED) is 0.214. The number of halogens is 1. The number of rotatable bonds is 0. The van der Waals surface area contributed by atoms with Crippen LogP contribution in [0.15, 0.2) is 66.7 Å². The summed E-state index contributed by atoms with van der Waals surface area (Å²) < 4.78 is 1.31. The third-order valence-electron chi connectivity index (χ3n) is 3.69. The first-order valence-corrected chi connectivity index (χ1v) is 7.40. The van der Waals surface area contributed by atoms with Crippen LogP contribution in [0, 0.1) is 3.57 Å². The number of hydrogen-bond acceptors (Lipinski definition) is 0. The molecule has 90 valence electrons. The van der Waals surface area contributed by atoms with Crippen LogP contribution < -0.4 is 0 Å². The summed E-state index contributed by atoms with van der Waals surface area (Å²) in [6.07, 6.45) is 0. The van der Waals surface area contributed by atoms with Crippen molar-refractivity contribution >= 4 is 54.9 Å². The molecular weight excluding hydrogens is 343 g/mol. The molecule has 0 aromatic heterocycles. The Hall–Kier alpha value is -1.61. The molecule has 0 aliphatic carbocycles. The first kappa shape index (κ1) is 11.2. The standard InChI is InChI=1S/C18H11I/c19-18-7-3-5-13-10-14-9-8-12-4-1-2-6-15(12)16(14)11-17(13)18/h1-11H. The molecule has 0 spiro atoms. The molecule has 1 heteroatoms. The molecule has 4 rings (SSSR count). The van der Waals surface area contributed by atoms with Gasteiger partial charge in [0.05, 0.1) is 0 Å². The predicted molar refractivity (Wildman–Crippen MR) is 91.7 cm³/mol. The highest BCUT2D eigenvalue weighted by atomic mass is 127. The Morgan fingerprint density at radius 2 is 1.26 bits per heavy atom. The van der Waals surface area contributed by atoms with Gasteiger partial charge in [-0.3, -0.25) is 0 Å². The Morgan fingerprint density at radius 3 is 2.21 bits per heavy atom. The molecule has 0 aliphatic rings. The second-order valence-corrected chi connectivity index (χ2v) is 5.98. The summed E-state index contributed by atoms with van der Waals surface area (Å²) >= 11 is 2.41. The molecule has 19 heavy (non-hydrogen) atoms. The van der Waals surface area contributed by atoms with Crippen molar-refractivity contribution in [1.82, 2.24) is 0 Å². The summed E-state index contributed by atoms with van der Waals surface area (Å²) in [6, 6.07) is 24.1. The van der Waals surface area contributed by atoms with E-state index in [-0.39, 0.29) is 0 Å². The van der Waals surface area contributed by atoms with E-state index in [9.17, 15) is 0 Å². The molecule has 0 heterocycles. The van der Waals surface area contributed by atoms with Crippen molar-refractivity contribution in [2.45, 2.75) is 0 Å². The predicted octanol–water partition coefficient (Wildman–Crippen LogP) is 5.75. The van der Waals surface area contributed by atoms with Gasteiger partial charge in [0.25, 0.3) is 0 Å². The van der Waals surface area contributed by atoms with E-state index in [4.69, 9.17) is 0 Å². The summed E-state index contributed by atoms with van der Waals surface area (Å²) in [6.45, 7) is 0. The SMILES string of the molecule is Ic1cccc2cc3ccc4ccccc4c3cc12. The van der Waals surface area contributed by atoms with Crippen molar-refractivity contribution in [2.75, 3.05) is 0 Å². The lowest BCUT2D eigenvalue weighted by Gasteiger charge is -2.07. The summed E-state index contributed by atoms with van der Waals surface area (Å²) in [5, 5.41) is 7.95. The lowest BCUT2D eigenvalue weighted by Crippen LogP contribution is -1.81. The van der Waals surface area contributed by atoms with E-state index in [2.05, 4.69) is 89.3 Å². The average molecular weight is 354 g/mol. The third kappa shape index (κ3) is 1.72. The number of fused-ring (bicyclic) bond motifs is 4. The van der Waals surface area contributed by atoms with Gasteiger partial charge in [0, 0.05) is 3.57 Å². The zero-order chi connectivity index (χ0) is 12.8. The molecule has 4 aromatic carbocycles. The molecule has 0 bridgehead atoms. The lowest BCUT2D eigenvalue weighted by atomic mass is 9.98. The van der Waals surface area contributed by atoms with Gasteiger partial charge in [-0.1, -0.05) is 48.5 Å². The van der Waals surface area contributed by atoms with Crippen LogP contribution in [0.5, 0.6) is 0 Å².